The summed E-state index contributed by atoms with van der Waals surface area (Å²) in [6, 6.07) is 14.4. The minimum atomic E-state index is -0.652. The van der Waals surface area contributed by atoms with Gasteiger partial charge < -0.3 is 21.3 Å². The zero-order valence-electron chi connectivity index (χ0n) is 14.2. The highest BCUT2D eigenvalue weighted by molar-refractivity contribution is 5.96. The number of para-hydroxylation sites is 1. The standard InChI is InChI=1S/C19H22N4O2/c1-23-10-9-14(16-7-2-3-8-17(16)23)12-21-18(24)13-5-4-6-15(11-13)22-19(20)25/h2-8,11,14H,9-10,12H2,1H3,(H,21,24)(H3,20,22,25)/t14-/m1/s1. The molecule has 6 nitrogen and oxygen atoms in total. The zero-order chi connectivity index (χ0) is 17.8. The number of nitrogens with one attached hydrogen (secondary N) is 2. The van der Waals surface area contributed by atoms with Gasteiger partial charge in [-0.25, -0.2) is 4.79 Å². The summed E-state index contributed by atoms with van der Waals surface area (Å²) in [5, 5.41) is 5.48. The van der Waals surface area contributed by atoms with Gasteiger partial charge in [-0.1, -0.05) is 24.3 Å². The Kier molecular flexibility index (Phi) is 4.88. The molecule has 0 aliphatic carbocycles. The number of anilines is 2. The molecule has 0 saturated carbocycles. The number of carbonyl (C=O) groups is 2. The fraction of sp³-hybridized carbons (Fsp3) is 0.263. The SMILES string of the molecule is CN1CC[C@H](CNC(=O)c2cccc(NC(N)=O)c2)c2ccccc21. The van der Waals surface area contributed by atoms with Crippen molar-refractivity contribution >= 4 is 23.3 Å². The normalized spacial score (nSPS) is 16.0. The molecule has 1 aliphatic rings. The van der Waals surface area contributed by atoms with Crippen molar-refractivity contribution in [2.24, 2.45) is 5.73 Å². The maximum atomic E-state index is 12.4. The third-order valence-corrected chi connectivity index (χ3v) is 4.50. The molecule has 4 N–H and O–H groups in total. The number of urea groups is 1. The number of nitrogens with zero attached hydrogens (tertiary/aromatic N) is 1. The maximum Gasteiger partial charge on any atom is 0.316 e. The Labute approximate surface area is 147 Å². The highest BCUT2D eigenvalue weighted by Crippen LogP contribution is 2.33. The summed E-state index contributed by atoms with van der Waals surface area (Å²) >= 11 is 0. The van der Waals surface area contributed by atoms with E-state index in [1.165, 1.54) is 11.3 Å². The molecule has 0 radical (unpaired) electrons. The molecule has 0 bridgehead atoms. The molecule has 130 valence electrons. The summed E-state index contributed by atoms with van der Waals surface area (Å²) < 4.78 is 0. The van der Waals surface area contributed by atoms with Crippen LogP contribution in [0, 0.1) is 0 Å². The van der Waals surface area contributed by atoms with Crippen molar-refractivity contribution in [2.45, 2.75) is 12.3 Å². The Morgan fingerprint density at radius 2 is 2.00 bits per heavy atom. The second kappa shape index (κ2) is 7.25. The molecule has 2 aromatic rings. The van der Waals surface area contributed by atoms with Gasteiger partial charge in [0.1, 0.15) is 0 Å². The number of fused-ring (bicyclic) bond motifs is 1. The summed E-state index contributed by atoms with van der Waals surface area (Å²) in [4.78, 5) is 25.6. The summed E-state index contributed by atoms with van der Waals surface area (Å²) in [5.41, 5.74) is 8.59. The van der Waals surface area contributed by atoms with E-state index in [2.05, 4.69) is 34.7 Å². The van der Waals surface area contributed by atoms with Crippen molar-refractivity contribution in [1.29, 1.82) is 0 Å². The molecular formula is C19H22N4O2. The van der Waals surface area contributed by atoms with Crippen LogP contribution in [0.1, 0.15) is 28.3 Å². The quantitative estimate of drug-likeness (QED) is 0.800. The van der Waals surface area contributed by atoms with Crippen LogP contribution >= 0.6 is 0 Å². The Morgan fingerprint density at radius 1 is 1.20 bits per heavy atom. The number of hydrogen-bond acceptors (Lipinski definition) is 3. The first-order valence-electron chi connectivity index (χ1n) is 8.29. The van der Waals surface area contributed by atoms with E-state index in [-0.39, 0.29) is 5.91 Å². The van der Waals surface area contributed by atoms with Gasteiger partial charge in [0.05, 0.1) is 0 Å². The van der Waals surface area contributed by atoms with Gasteiger partial charge in [-0.15, -0.1) is 0 Å². The Balaban J connectivity index is 1.67. The summed E-state index contributed by atoms with van der Waals surface area (Å²) in [6.07, 6.45) is 0.997. The summed E-state index contributed by atoms with van der Waals surface area (Å²) in [5.74, 6) is 0.132. The molecule has 0 spiro atoms. The lowest BCUT2D eigenvalue weighted by Gasteiger charge is -2.33. The number of nitrogens with two attached hydrogens (primary N) is 1. The fourth-order valence-electron chi connectivity index (χ4n) is 3.22. The number of amides is 3. The molecule has 1 heterocycles. The van der Waals surface area contributed by atoms with Crippen LogP contribution in [0.4, 0.5) is 16.2 Å². The van der Waals surface area contributed by atoms with Gasteiger partial charge in [-0.05, 0) is 36.2 Å². The molecule has 3 rings (SSSR count). The van der Waals surface area contributed by atoms with Crippen molar-refractivity contribution in [2.75, 3.05) is 30.4 Å². The molecule has 0 saturated heterocycles. The fourth-order valence-corrected chi connectivity index (χ4v) is 3.22. The first-order chi connectivity index (χ1) is 12.0. The van der Waals surface area contributed by atoms with E-state index in [4.69, 9.17) is 5.73 Å². The first-order valence-corrected chi connectivity index (χ1v) is 8.29. The van der Waals surface area contributed by atoms with Gasteiger partial charge in [-0.2, -0.15) is 0 Å². The smallest absolute Gasteiger partial charge is 0.316 e. The second-order valence-corrected chi connectivity index (χ2v) is 6.25. The number of hydrogen-bond donors (Lipinski definition) is 3. The van der Waals surface area contributed by atoms with Crippen molar-refractivity contribution in [1.82, 2.24) is 5.32 Å². The Hall–Kier alpha value is -3.02. The van der Waals surface area contributed by atoms with Crippen LogP contribution in [0.5, 0.6) is 0 Å². The monoisotopic (exact) mass is 338 g/mol. The molecule has 25 heavy (non-hydrogen) atoms. The van der Waals surface area contributed by atoms with Crippen LogP contribution in [-0.2, 0) is 0 Å². The van der Waals surface area contributed by atoms with Gasteiger partial charge in [0.15, 0.2) is 0 Å². The average Bonchev–Trinajstić information content (AvgIpc) is 2.61. The molecule has 2 aromatic carbocycles. The number of carbonyl (C=O) groups excluding carboxylic acids is 2. The first kappa shape index (κ1) is 16.8. The average molecular weight is 338 g/mol. The van der Waals surface area contributed by atoms with Gasteiger partial charge >= 0.3 is 6.03 Å². The second-order valence-electron chi connectivity index (χ2n) is 6.25. The predicted octanol–water partition coefficient (Wildman–Crippen LogP) is 2.53. The topological polar surface area (TPSA) is 87.5 Å². The van der Waals surface area contributed by atoms with Gasteiger partial charge in [0.2, 0.25) is 0 Å². The highest BCUT2D eigenvalue weighted by atomic mass is 16.2. The number of rotatable bonds is 4. The van der Waals surface area contributed by atoms with Crippen LogP contribution in [-0.4, -0.2) is 32.1 Å². The molecule has 0 aromatic heterocycles. The Morgan fingerprint density at radius 3 is 2.80 bits per heavy atom. The van der Waals surface area contributed by atoms with E-state index in [1.807, 2.05) is 12.1 Å². The van der Waals surface area contributed by atoms with Gasteiger partial charge in [-0.3, -0.25) is 4.79 Å². The zero-order valence-corrected chi connectivity index (χ0v) is 14.2. The predicted molar refractivity (Wildman–Crippen MR) is 99.1 cm³/mol. The molecular weight excluding hydrogens is 316 g/mol. The van der Waals surface area contributed by atoms with E-state index in [9.17, 15) is 9.59 Å². The lowest BCUT2D eigenvalue weighted by molar-refractivity contribution is 0.0950. The highest BCUT2D eigenvalue weighted by Gasteiger charge is 2.23. The molecule has 3 amide bonds. The van der Waals surface area contributed by atoms with E-state index < -0.39 is 6.03 Å². The molecule has 0 unspecified atom stereocenters. The van der Waals surface area contributed by atoms with Gasteiger partial charge in [0.25, 0.3) is 5.91 Å². The van der Waals surface area contributed by atoms with E-state index in [0.29, 0.717) is 23.7 Å². The maximum absolute atomic E-state index is 12.4. The van der Waals surface area contributed by atoms with E-state index in [1.54, 1.807) is 24.3 Å². The molecule has 0 fully saturated rings. The lowest BCUT2D eigenvalue weighted by atomic mass is 9.90. The summed E-state index contributed by atoms with van der Waals surface area (Å²) in [7, 11) is 2.09. The largest absolute Gasteiger partial charge is 0.374 e. The van der Waals surface area contributed by atoms with Crippen LogP contribution < -0.4 is 21.3 Å². The van der Waals surface area contributed by atoms with Crippen LogP contribution in [0.15, 0.2) is 48.5 Å². The third kappa shape index (κ3) is 3.91. The van der Waals surface area contributed by atoms with Gasteiger partial charge in [0, 0.05) is 43.0 Å². The summed E-state index contributed by atoms with van der Waals surface area (Å²) in [6.45, 7) is 1.55. The molecule has 1 aliphatic heterocycles. The van der Waals surface area contributed by atoms with Crippen molar-refractivity contribution in [3.05, 3.63) is 59.7 Å². The van der Waals surface area contributed by atoms with Crippen molar-refractivity contribution in [3.63, 3.8) is 0 Å². The minimum Gasteiger partial charge on any atom is -0.374 e. The number of primary amides is 1. The van der Waals surface area contributed by atoms with Crippen LogP contribution in [0.25, 0.3) is 0 Å². The Bertz CT molecular complexity index is 790. The van der Waals surface area contributed by atoms with Crippen LogP contribution in [0.2, 0.25) is 0 Å². The minimum absolute atomic E-state index is 0.162. The molecule has 6 heteroatoms. The van der Waals surface area contributed by atoms with E-state index >= 15 is 0 Å². The van der Waals surface area contributed by atoms with Crippen molar-refractivity contribution in [3.8, 4) is 0 Å². The molecule has 1 atom stereocenters. The van der Waals surface area contributed by atoms with Crippen molar-refractivity contribution < 1.29 is 9.59 Å². The number of benzene rings is 2. The lowest BCUT2D eigenvalue weighted by Crippen LogP contribution is -2.34. The third-order valence-electron chi connectivity index (χ3n) is 4.50. The van der Waals surface area contributed by atoms with E-state index in [0.717, 1.165) is 13.0 Å². The van der Waals surface area contributed by atoms with Crippen LogP contribution in [0.3, 0.4) is 0 Å².